The second kappa shape index (κ2) is 9.16. The fraction of sp³-hybridized carbons (Fsp3) is 0.150. The Morgan fingerprint density at radius 1 is 1.21 bits per heavy atom. The van der Waals surface area contributed by atoms with Gasteiger partial charge in [0.05, 0.1) is 19.3 Å². The molecule has 0 spiro atoms. The third-order valence-electron chi connectivity index (χ3n) is 4.44. The fourth-order valence-corrected chi connectivity index (χ4v) is 3.87. The summed E-state index contributed by atoms with van der Waals surface area (Å²) in [5.74, 6) is -2.13. The molecule has 0 aliphatic heterocycles. The molecule has 0 saturated heterocycles. The summed E-state index contributed by atoms with van der Waals surface area (Å²) in [7, 11) is -2.95. The van der Waals surface area contributed by atoms with Crippen molar-refractivity contribution in [3.63, 3.8) is 0 Å². The minimum atomic E-state index is -4.03. The van der Waals surface area contributed by atoms with Gasteiger partial charge in [0, 0.05) is 17.8 Å². The Labute approximate surface area is 187 Å². The lowest BCUT2D eigenvalue weighted by Gasteiger charge is -2.07. The molecular weight excluding hydrogens is 455 g/mol. The van der Waals surface area contributed by atoms with E-state index < -0.39 is 21.7 Å². The number of esters is 1. The lowest BCUT2D eigenvalue weighted by Crippen LogP contribution is -2.24. The number of benzene rings is 1. The summed E-state index contributed by atoms with van der Waals surface area (Å²) in [4.78, 5) is 19.6. The Morgan fingerprint density at radius 3 is 2.76 bits per heavy atom. The van der Waals surface area contributed by atoms with Crippen molar-refractivity contribution >= 4 is 21.8 Å². The number of anilines is 1. The Bertz CT molecular complexity index is 1390. The normalized spacial score (nSPS) is 11.3. The minimum absolute atomic E-state index is 0.0597. The Balaban J connectivity index is 1.68. The molecule has 170 valence electrons. The lowest BCUT2D eigenvalue weighted by molar-refractivity contribution is -0.137. The zero-order valence-electron chi connectivity index (χ0n) is 17.2. The standard InChI is InChI=1S/C20H17FN6O5S/c1-31-19(28)12-33(29,30)26-18-6-8-22-20(23-18)16-10-17(15-7-9-32-25-15)27(24-16)11-13-4-2-3-5-14(13)21/h2-10H,11-12H2,1H3,(H,22,23,26). The van der Waals surface area contributed by atoms with Crippen LogP contribution in [0.1, 0.15) is 5.56 Å². The number of methoxy groups -OCH3 is 1. The van der Waals surface area contributed by atoms with E-state index in [1.54, 1.807) is 30.3 Å². The molecule has 0 saturated carbocycles. The largest absolute Gasteiger partial charge is 0.468 e. The molecule has 0 fully saturated rings. The van der Waals surface area contributed by atoms with Crippen molar-refractivity contribution in [2.45, 2.75) is 6.54 Å². The molecule has 11 nitrogen and oxygen atoms in total. The van der Waals surface area contributed by atoms with Crippen LogP contribution in [0.2, 0.25) is 0 Å². The van der Waals surface area contributed by atoms with E-state index >= 15 is 0 Å². The van der Waals surface area contributed by atoms with E-state index in [2.05, 4.69) is 29.7 Å². The molecule has 3 aromatic heterocycles. The molecule has 0 radical (unpaired) electrons. The van der Waals surface area contributed by atoms with Gasteiger partial charge in [0.25, 0.3) is 0 Å². The predicted octanol–water partition coefficient (Wildman–Crippen LogP) is 2.10. The van der Waals surface area contributed by atoms with E-state index in [0.717, 1.165) is 7.11 Å². The van der Waals surface area contributed by atoms with Crippen LogP contribution in [0, 0.1) is 5.82 Å². The Kier molecular flexibility index (Phi) is 6.13. The number of sulfonamides is 1. The molecular formula is C20H17FN6O5S. The van der Waals surface area contributed by atoms with Gasteiger partial charge in [-0.2, -0.15) is 5.10 Å². The van der Waals surface area contributed by atoms with Gasteiger partial charge in [0.2, 0.25) is 10.0 Å². The number of rotatable bonds is 8. The highest BCUT2D eigenvalue weighted by molar-refractivity contribution is 7.93. The van der Waals surface area contributed by atoms with E-state index in [-0.39, 0.29) is 24.0 Å². The minimum Gasteiger partial charge on any atom is -0.468 e. The average Bonchev–Trinajstić information content (AvgIpc) is 3.45. The van der Waals surface area contributed by atoms with E-state index in [1.807, 2.05) is 0 Å². The van der Waals surface area contributed by atoms with Crippen LogP contribution in [0.5, 0.6) is 0 Å². The van der Waals surface area contributed by atoms with Crippen LogP contribution in [0.4, 0.5) is 10.2 Å². The van der Waals surface area contributed by atoms with Gasteiger partial charge in [-0.15, -0.1) is 0 Å². The van der Waals surface area contributed by atoms with Gasteiger partial charge in [-0.3, -0.25) is 14.2 Å². The molecule has 33 heavy (non-hydrogen) atoms. The summed E-state index contributed by atoms with van der Waals surface area (Å²) < 4.78 is 51.5. The van der Waals surface area contributed by atoms with Crippen LogP contribution in [0.3, 0.4) is 0 Å². The van der Waals surface area contributed by atoms with Gasteiger partial charge in [-0.25, -0.2) is 22.8 Å². The molecule has 0 bridgehead atoms. The first-order chi connectivity index (χ1) is 15.8. The summed E-state index contributed by atoms with van der Waals surface area (Å²) >= 11 is 0. The third-order valence-corrected chi connectivity index (χ3v) is 5.57. The maximum Gasteiger partial charge on any atom is 0.322 e. The van der Waals surface area contributed by atoms with E-state index in [9.17, 15) is 17.6 Å². The summed E-state index contributed by atoms with van der Waals surface area (Å²) in [6.45, 7) is 0.0975. The van der Waals surface area contributed by atoms with Gasteiger partial charge in [-0.05, 0) is 18.2 Å². The quantitative estimate of drug-likeness (QED) is 0.381. The van der Waals surface area contributed by atoms with Crippen LogP contribution in [0.25, 0.3) is 22.9 Å². The van der Waals surface area contributed by atoms with Crippen molar-refractivity contribution in [3.05, 3.63) is 66.3 Å². The monoisotopic (exact) mass is 472 g/mol. The number of halogens is 1. The van der Waals surface area contributed by atoms with E-state index in [1.165, 1.54) is 29.3 Å². The highest BCUT2D eigenvalue weighted by atomic mass is 32.2. The number of ether oxygens (including phenoxy) is 1. The Hall–Kier alpha value is -4.13. The van der Waals surface area contributed by atoms with Crippen molar-refractivity contribution < 1.29 is 26.9 Å². The molecule has 0 unspecified atom stereocenters. The lowest BCUT2D eigenvalue weighted by atomic mass is 10.2. The highest BCUT2D eigenvalue weighted by Crippen LogP contribution is 2.25. The third kappa shape index (κ3) is 5.20. The summed E-state index contributed by atoms with van der Waals surface area (Å²) in [6, 6.07) is 10.9. The number of aromatic nitrogens is 5. The molecule has 4 rings (SSSR count). The van der Waals surface area contributed by atoms with Gasteiger partial charge in [-0.1, -0.05) is 23.4 Å². The number of nitrogens with one attached hydrogen (secondary N) is 1. The van der Waals surface area contributed by atoms with E-state index in [0.29, 0.717) is 22.6 Å². The number of nitrogens with zero attached hydrogens (tertiary/aromatic N) is 5. The first-order valence-electron chi connectivity index (χ1n) is 9.47. The van der Waals surface area contributed by atoms with Crippen LogP contribution in [0.15, 0.2) is 59.4 Å². The van der Waals surface area contributed by atoms with Crippen molar-refractivity contribution in [3.8, 4) is 22.9 Å². The first-order valence-corrected chi connectivity index (χ1v) is 11.1. The molecule has 13 heteroatoms. The molecule has 1 N–H and O–H groups in total. The zero-order chi connectivity index (χ0) is 23.4. The maximum atomic E-state index is 14.2. The smallest absolute Gasteiger partial charge is 0.322 e. The van der Waals surface area contributed by atoms with Crippen LogP contribution in [-0.4, -0.2) is 52.2 Å². The van der Waals surface area contributed by atoms with Crippen molar-refractivity contribution in [2.75, 3.05) is 17.6 Å². The average molecular weight is 472 g/mol. The Morgan fingerprint density at radius 2 is 2.03 bits per heavy atom. The summed E-state index contributed by atoms with van der Waals surface area (Å²) in [5.41, 5.74) is 1.67. The van der Waals surface area contributed by atoms with Gasteiger partial charge >= 0.3 is 5.97 Å². The topological polar surface area (TPSA) is 142 Å². The van der Waals surface area contributed by atoms with Crippen LogP contribution in [-0.2, 0) is 26.1 Å². The van der Waals surface area contributed by atoms with Crippen molar-refractivity contribution in [1.29, 1.82) is 0 Å². The molecule has 0 atom stereocenters. The van der Waals surface area contributed by atoms with Gasteiger partial charge in [0.1, 0.15) is 29.3 Å². The van der Waals surface area contributed by atoms with E-state index in [4.69, 9.17) is 4.52 Å². The predicted molar refractivity (Wildman–Crippen MR) is 114 cm³/mol. The van der Waals surface area contributed by atoms with Crippen molar-refractivity contribution in [2.24, 2.45) is 0 Å². The molecule has 0 aliphatic rings. The summed E-state index contributed by atoms with van der Waals surface area (Å²) in [6.07, 6.45) is 2.73. The summed E-state index contributed by atoms with van der Waals surface area (Å²) in [5, 5.41) is 8.38. The maximum absolute atomic E-state index is 14.2. The second-order valence-electron chi connectivity index (χ2n) is 6.75. The second-order valence-corrected chi connectivity index (χ2v) is 8.47. The molecule has 0 amide bonds. The number of hydrogen-bond donors (Lipinski definition) is 1. The number of hydrogen-bond acceptors (Lipinski definition) is 9. The molecule has 1 aromatic carbocycles. The SMILES string of the molecule is COC(=O)CS(=O)(=O)Nc1ccnc(-c2cc(-c3ccon3)n(Cc3ccccc3F)n2)n1. The van der Waals surface area contributed by atoms with Crippen molar-refractivity contribution in [1.82, 2.24) is 24.9 Å². The highest BCUT2D eigenvalue weighted by Gasteiger charge is 2.20. The first kappa shape index (κ1) is 22.1. The fourth-order valence-electron chi connectivity index (χ4n) is 2.93. The molecule has 3 heterocycles. The number of carbonyl (C=O) groups excluding carboxylic acids is 1. The van der Waals surface area contributed by atoms with Crippen LogP contribution < -0.4 is 4.72 Å². The number of carbonyl (C=O) groups is 1. The zero-order valence-corrected chi connectivity index (χ0v) is 18.0. The van der Waals surface area contributed by atoms with Gasteiger partial charge < -0.3 is 9.26 Å². The molecule has 0 aliphatic carbocycles. The molecule has 4 aromatic rings. The van der Waals surface area contributed by atoms with Crippen LogP contribution >= 0.6 is 0 Å². The van der Waals surface area contributed by atoms with Gasteiger partial charge in [0.15, 0.2) is 11.6 Å².